The van der Waals surface area contributed by atoms with Gasteiger partial charge in [-0.2, -0.15) is 11.0 Å². The molecular weight excluding hydrogens is 236 g/mol. The van der Waals surface area contributed by atoms with E-state index in [9.17, 15) is 9.59 Å². The van der Waals surface area contributed by atoms with Gasteiger partial charge < -0.3 is 9.68 Å². The van der Waals surface area contributed by atoms with E-state index in [1.807, 2.05) is 0 Å². The Morgan fingerprint density at radius 1 is 0.667 bits per heavy atom. The van der Waals surface area contributed by atoms with Crippen LogP contribution < -0.4 is 11.0 Å². The Morgan fingerprint density at radius 3 is 1.56 bits per heavy atom. The molecule has 0 saturated carbocycles. The summed E-state index contributed by atoms with van der Waals surface area (Å²) in [6.07, 6.45) is 5.97. The van der Waals surface area contributed by atoms with E-state index in [4.69, 9.17) is 9.68 Å². The molecule has 18 heavy (non-hydrogen) atoms. The molecule has 0 atom stereocenters. The maximum atomic E-state index is 11.2. The standard InChI is InChI=1S/C12H22N2O4/c15-11-7-3-4-8-12(16)18-14-10-6-2-1-5-9-13-17-11/h13-14H,1-10H2. The first kappa shape index (κ1) is 14.9. The summed E-state index contributed by atoms with van der Waals surface area (Å²) in [6.45, 7) is 1.38. The molecule has 1 fully saturated rings. The van der Waals surface area contributed by atoms with Crippen LogP contribution in [0.15, 0.2) is 0 Å². The molecule has 0 aromatic heterocycles. The van der Waals surface area contributed by atoms with Crippen LogP contribution in [0, 0.1) is 0 Å². The molecule has 0 aromatic rings. The van der Waals surface area contributed by atoms with Crippen LogP contribution in [0.2, 0.25) is 0 Å². The number of rotatable bonds is 0. The van der Waals surface area contributed by atoms with E-state index in [0.717, 1.165) is 25.7 Å². The molecule has 1 rings (SSSR count). The van der Waals surface area contributed by atoms with Crippen molar-refractivity contribution in [2.75, 3.05) is 13.1 Å². The summed E-state index contributed by atoms with van der Waals surface area (Å²) < 4.78 is 0. The molecule has 0 bridgehead atoms. The summed E-state index contributed by atoms with van der Waals surface area (Å²) in [5, 5.41) is 0. The van der Waals surface area contributed by atoms with Crippen LogP contribution in [0.3, 0.4) is 0 Å². The second kappa shape index (κ2) is 9.85. The Morgan fingerprint density at radius 2 is 1.11 bits per heavy atom. The van der Waals surface area contributed by atoms with E-state index in [1.165, 1.54) is 0 Å². The first-order valence-electron chi connectivity index (χ1n) is 6.64. The second-order valence-corrected chi connectivity index (χ2v) is 4.36. The Kier molecular flexibility index (Phi) is 8.16. The lowest BCUT2D eigenvalue weighted by molar-refractivity contribution is -0.153. The molecule has 0 spiro atoms. The van der Waals surface area contributed by atoms with Gasteiger partial charge >= 0.3 is 11.9 Å². The van der Waals surface area contributed by atoms with Gasteiger partial charge in [-0.05, 0) is 25.7 Å². The van der Waals surface area contributed by atoms with E-state index >= 15 is 0 Å². The van der Waals surface area contributed by atoms with Crippen molar-refractivity contribution in [1.82, 2.24) is 11.0 Å². The lowest BCUT2D eigenvalue weighted by atomic mass is 10.2. The van der Waals surface area contributed by atoms with Crippen LogP contribution in [0.5, 0.6) is 0 Å². The maximum absolute atomic E-state index is 11.2. The molecule has 2 N–H and O–H groups in total. The Bertz CT molecular complexity index is 232. The first-order valence-corrected chi connectivity index (χ1v) is 6.64. The van der Waals surface area contributed by atoms with Crippen molar-refractivity contribution < 1.29 is 19.3 Å². The van der Waals surface area contributed by atoms with Crippen molar-refractivity contribution in [2.24, 2.45) is 0 Å². The molecule has 0 aromatic carbocycles. The van der Waals surface area contributed by atoms with Gasteiger partial charge in [-0.1, -0.05) is 12.8 Å². The van der Waals surface area contributed by atoms with Gasteiger partial charge in [0.25, 0.3) is 0 Å². The smallest absolute Gasteiger partial charge is 0.324 e. The molecule has 6 heteroatoms. The Labute approximate surface area is 107 Å². The quantitative estimate of drug-likeness (QED) is 0.680. The molecular formula is C12H22N2O4. The Hall–Kier alpha value is -1.14. The van der Waals surface area contributed by atoms with E-state index in [-0.39, 0.29) is 11.9 Å². The maximum Gasteiger partial charge on any atom is 0.324 e. The highest BCUT2D eigenvalue weighted by molar-refractivity contribution is 5.70. The minimum atomic E-state index is -0.270. The summed E-state index contributed by atoms with van der Waals surface area (Å²) >= 11 is 0. The number of carbonyl (C=O) groups is 2. The van der Waals surface area contributed by atoms with Crippen LogP contribution in [0.25, 0.3) is 0 Å². The highest BCUT2D eigenvalue weighted by Crippen LogP contribution is 2.03. The molecule has 1 aliphatic heterocycles. The van der Waals surface area contributed by atoms with Gasteiger partial charge in [0.2, 0.25) is 0 Å². The fourth-order valence-corrected chi connectivity index (χ4v) is 1.65. The molecule has 6 nitrogen and oxygen atoms in total. The zero-order valence-corrected chi connectivity index (χ0v) is 10.7. The lowest BCUT2D eigenvalue weighted by Gasteiger charge is -2.08. The van der Waals surface area contributed by atoms with Gasteiger partial charge in [-0.3, -0.25) is 9.59 Å². The minimum Gasteiger partial charge on any atom is -0.371 e. The second-order valence-electron chi connectivity index (χ2n) is 4.36. The third-order valence-corrected chi connectivity index (χ3v) is 2.69. The first-order chi connectivity index (χ1) is 8.79. The number of carbonyl (C=O) groups excluding carboxylic acids is 2. The summed E-state index contributed by atoms with van der Waals surface area (Å²) in [7, 11) is 0. The summed E-state index contributed by atoms with van der Waals surface area (Å²) in [5.41, 5.74) is 5.34. The van der Waals surface area contributed by atoms with Crippen molar-refractivity contribution in [1.29, 1.82) is 0 Å². The van der Waals surface area contributed by atoms with Crippen LogP contribution >= 0.6 is 0 Å². The van der Waals surface area contributed by atoms with Crippen molar-refractivity contribution in [2.45, 2.75) is 51.4 Å². The third-order valence-electron chi connectivity index (χ3n) is 2.69. The SMILES string of the molecule is O=C1CCCCC(=O)ONCCCCCCNO1. The summed E-state index contributed by atoms with van der Waals surface area (Å²) in [6, 6.07) is 0. The average Bonchev–Trinajstić information content (AvgIpc) is 2.35. The monoisotopic (exact) mass is 258 g/mol. The average molecular weight is 258 g/mol. The predicted molar refractivity (Wildman–Crippen MR) is 65.1 cm³/mol. The zero-order chi connectivity index (χ0) is 13.1. The normalized spacial score (nSPS) is 22.0. The number of hydroxylamine groups is 2. The molecule has 0 aliphatic carbocycles. The van der Waals surface area contributed by atoms with E-state index in [1.54, 1.807) is 0 Å². The topological polar surface area (TPSA) is 76.7 Å². The molecule has 1 saturated heterocycles. The number of hydrogen-bond acceptors (Lipinski definition) is 6. The number of hydrogen-bond donors (Lipinski definition) is 2. The van der Waals surface area contributed by atoms with Crippen LogP contribution in [-0.2, 0) is 19.3 Å². The largest absolute Gasteiger partial charge is 0.371 e. The van der Waals surface area contributed by atoms with E-state index in [2.05, 4.69) is 11.0 Å². The van der Waals surface area contributed by atoms with Crippen LogP contribution in [0.4, 0.5) is 0 Å². The fraction of sp³-hybridized carbons (Fsp3) is 0.833. The highest BCUT2D eigenvalue weighted by Gasteiger charge is 2.06. The predicted octanol–water partition coefficient (Wildman–Crippen LogP) is 1.22. The molecule has 1 heterocycles. The van der Waals surface area contributed by atoms with Gasteiger partial charge in [0.05, 0.1) is 0 Å². The van der Waals surface area contributed by atoms with Gasteiger partial charge in [-0.15, -0.1) is 0 Å². The van der Waals surface area contributed by atoms with Gasteiger partial charge in [0.1, 0.15) is 0 Å². The van der Waals surface area contributed by atoms with Crippen molar-refractivity contribution >= 4 is 11.9 Å². The van der Waals surface area contributed by atoms with Crippen molar-refractivity contribution in [3.05, 3.63) is 0 Å². The molecule has 104 valence electrons. The van der Waals surface area contributed by atoms with Crippen LogP contribution in [-0.4, -0.2) is 25.0 Å². The molecule has 1 aliphatic rings. The van der Waals surface area contributed by atoms with Crippen molar-refractivity contribution in [3.63, 3.8) is 0 Å². The molecule has 0 amide bonds. The number of nitrogens with one attached hydrogen (secondary N) is 2. The van der Waals surface area contributed by atoms with Gasteiger partial charge in [0, 0.05) is 25.9 Å². The van der Waals surface area contributed by atoms with Crippen molar-refractivity contribution in [3.8, 4) is 0 Å². The summed E-state index contributed by atoms with van der Waals surface area (Å²) in [4.78, 5) is 32.2. The molecule has 0 radical (unpaired) electrons. The van der Waals surface area contributed by atoms with Gasteiger partial charge in [-0.25, -0.2) is 0 Å². The van der Waals surface area contributed by atoms with Gasteiger partial charge in [0.15, 0.2) is 0 Å². The summed E-state index contributed by atoms with van der Waals surface area (Å²) in [5.74, 6) is -0.540. The highest BCUT2D eigenvalue weighted by atomic mass is 16.7. The third kappa shape index (κ3) is 8.03. The molecule has 0 unspecified atom stereocenters. The van der Waals surface area contributed by atoms with E-state index in [0.29, 0.717) is 38.8 Å². The minimum absolute atomic E-state index is 0.270. The Balaban J connectivity index is 2.22. The zero-order valence-electron chi connectivity index (χ0n) is 10.7. The van der Waals surface area contributed by atoms with Crippen LogP contribution in [0.1, 0.15) is 51.4 Å². The van der Waals surface area contributed by atoms with E-state index < -0.39 is 0 Å². The lowest BCUT2D eigenvalue weighted by Crippen LogP contribution is -2.22. The fourth-order valence-electron chi connectivity index (χ4n) is 1.65.